The van der Waals surface area contributed by atoms with E-state index in [0.29, 0.717) is 12.3 Å². The lowest BCUT2D eigenvalue weighted by molar-refractivity contribution is 0.0956. The Balaban J connectivity index is 3.16. The first-order valence-corrected chi connectivity index (χ1v) is 6.19. The van der Waals surface area contributed by atoms with E-state index < -0.39 is 11.8 Å². The van der Waals surface area contributed by atoms with Gasteiger partial charge in [0.1, 0.15) is 0 Å². The number of nitrogens with one attached hydrogen (secondary N) is 2. The van der Waals surface area contributed by atoms with Crippen molar-refractivity contribution in [2.45, 2.75) is 0 Å². The van der Waals surface area contributed by atoms with Gasteiger partial charge in [-0.05, 0) is 18.2 Å². The van der Waals surface area contributed by atoms with E-state index in [1.807, 2.05) is 0 Å². The van der Waals surface area contributed by atoms with Gasteiger partial charge in [-0.15, -0.1) is 0 Å². The van der Waals surface area contributed by atoms with Crippen LogP contribution in [0.1, 0.15) is 31.1 Å². The lowest BCUT2D eigenvalue weighted by Crippen LogP contribution is -2.27. The summed E-state index contributed by atoms with van der Waals surface area (Å²) >= 11 is 3.98. The molecule has 0 saturated heterocycles. The van der Waals surface area contributed by atoms with E-state index in [2.05, 4.69) is 23.3 Å². The van der Waals surface area contributed by atoms with Crippen molar-refractivity contribution < 1.29 is 14.4 Å². The largest absolute Gasteiger partial charge is 0.366 e. The number of thiol groups is 1. The van der Waals surface area contributed by atoms with Crippen LogP contribution < -0.4 is 16.4 Å². The molecule has 0 bridgehead atoms. The van der Waals surface area contributed by atoms with Crippen molar-refractivity contribution in [1.82, 2.24) is 10.6 Å². The molecule has 3 amide bonds. The van der Waals surface area contributed by atoms with Crippen LogP contribution in [0, 0.1) is 0 Å². The number of hydrogen-bond donors (Lipinski definition) is 4. The summed E-state index contributed by atoms with van der Waals surface area (Å²) in [5, 5.41) is 5.02. The molecule has 0 saturated carbocycles. The number of rotatable bonds is 5. The molecule has 0 radical (unpaired) electrons. The molecule has 7 heteroatoms. The molecular formula is C12H15N3O3S. The quantitative estimate of drug-likeness (QED) is 0.562. The van der Waals surface area contributed by atoms with Gasteiger partial charge >= 0.3 is 0 Å². The summed E-state index contributed by atoms with van der Waals surface area (Å²) in [6, 6.07) is 4.10. The molecular weight excluding hydrogens is 266 g/mol. The Hall–Kier alpha value is -2.02. The lowest BCUT2D eigenvalue weighted by atomic mass is 10.0. The van der Waals surface area contributed by atoms with Crippen molar-refractivity contribution in [3.63, 3.8) is 0 Å². The Kier molecular flexibility index (Phi) is 5.37. The maximum Gasteiger partial charge on any atom is 0.251 e. The minimum absolute atomic E-state index is 0.108. The third kappa shape index (κ3) is 3.99. The van der Waals surface area contributed by atoms with Crippen molar-refractivity contribution in [2.24, 2.45) is 5.73 Å². The maximum absolute atomic E-state index is 11.8. The first kappa shape index (κ1) is 15.0. The number of primary amides is 1. The van der Waals surface area contributed by atoms with Crippen LogP contribution in [-0.4, -0.2) is 37.1 Å². The number of hydrogen-bond acceptors (Lipinski definition) is 4. The van der Waals surface area contributed by atoms with Gasteiger partial charge in [-0.1, -0.05) is 0 Å². The van der Waals surface area contributed by atoms with Crippen molar-refractivity contribution in [2.75, 3.05) is 19.3 Å². The average Bonchev–Trinajstić information content (AvgIpc) is 2.43. The summed E-state index contributed by atoms with van der Waals surface area (Å²) in [7, 11) is 1.46. The molecule has 0 heterocycles. The molecule has 0 aliphatic heterocycles. The summed E-state index contributed by atoms with van der Waals surface area (Å²) in [4.78, 5) is 34.6. The molecule has 0 aromatic heterocycles. The third-order valence-corrected chi connectivity index (χ3v) is 2.59. The second kappa shape index (κ2) is 6.79. The maximum atomic E-state index is 11.8. The molecule has 0 aliphatic carbocycles. The fraction of sp³-hybridized carbons (Fsp3) is 0.250. The third-order valence-electron chi connectivity index (χ3n) is 2.37. The molecule has 1 aromatic rings. The highest BCUT2D eigenvalue weighted by Gasteiger charge is 2.14. The van der Waals surface area contributed by atoms with E-state index in [9.17, 15) is 14.4 Å². The molecule has 0 spiro atoms. The van der Waals surface area contributed by atoms with Crippen LogP contribution in [0.4, 0.5) is 0 Å². The second-order valence-electron chi connectivity index (χ2n) is 3.72. The molecule has 19 heavy (non-hydrogen) atoms. The van der Waals surface area contributed by atoms with E-state index in [4.69, 9.17) is 5.73 Å². The monoisotopic (exact) mass is 281 g/mol. The first-order chi connectivity index (χ1) is 8.99. The highest BCUT2D eigenvalue weighted by molar-refractivity contribution is 7.80. The number of nitrogens with two attached hydrogens (primary N) is 1. The normalized spacial score (nSPS) is 9.79. The standard InChI is InChI=1S/C12H15N3O3S/c1-14-11(17)8-4-7(10(13)16)5-9(6-8)12(18)15-2-3-19/h4-6,19H,2-3H2,1H3,(H2,13,16)(H,14,17)(H,15,18). The van der Waals surface area contributed by atoms with Gasteiger partial charge in [0.15, 0.2) is 0 Å². The summed E-state index contributed by atoms with van der Waals surface area (Å²) in [5.74, 6) is -0.994. The first-order valence-electron chi connectivity index (χ1n) is 5.55. The van der Waals surface area contributed by atoms with E-state index in [1.165, 1.54) is 25.2 Å². The van der Waals surface area contributed by atoms with E-state index in [1.54, 1.807) is 0 Å². The predicted octanol–water partition coefficient (Wildman–Crippen LogP) is -0.195. The van der Waals surface area contributed by atoms with Gasteiger partial charge in [0.2, 0.25) is 5.91 Å². The van der Waals surface area contributed by atoms with E-state index in [-0.39, 0.29) is 22.6 Å². The van der Waals surface area contributed by atoms with Crippen LogP contribution >= 0.6 is 12.6 Å². The molecule has 0 unspecified atom stereocenters. The Morgan fingerprint density at radius 3 is 2.11 bits per heavy atom. The number of carbonyl (C=O) groups excluding carboxylic acids is 3. The fourth-order valence-electron chi connectivity index (χ4n) is 1.45. The van der Waals surface area contributed by atoms with Crippen molar-refractivity contribution >= 4 is 30.4 Å². The Bertz CT molecular complexity index is 517. The molecule has 0 aliphatic rings. The van der Waals surface area contributed by atoms with Crippen LogP contribution in [0.2, 0.25) is 0 Å². The highest BCUT2D eigenvalue weighted by atomic mass is 32.1. The highest BCUT2D eigenvalue weighted by Crippen LogP contribution is 2.10. The number of carbonyl (C=O) groups is 3. The van der Waals surface area contributed by atoms with Crippen molar-refractivity contribution in [1.29, 1.82) is 0 Å². The summed E-state index contributed by atoms with van der Waals surface area (Å²) in [6.45, 7) is 0.387. The van der Waals surface area contributed by atoms with Crippen molar-refractivity contribution in [3.05, 3.63) is 34.9 Å². The molecule has 0 atom stereocenters. The van der Waals surface area contributed by atoms with Crippen LogP contribution in [0.15, 0.2) is 18.2 Å². The minimum atomic E-state index is -0.700. The van der Waals surface area contributed by atoms with Gasteiger partial charge in [-0.2, -0.15) is 12.6 Å². The smallest absolute Gasteiger partial charge is 0.251 e. The van der Waals surface area contributed by atoms with E-state index >= 15 is 0 Å². The van der Waals surface area contributed by atoms with Gasteiger partial charge in [-0.25, -0.2) is 0 Å². The fourth-order valence-corrected chi connectivity index (χ4v) is 1.56. The summed E-state index contributed by atoms with van der Waals surface area (Å²) < 4.78 is 0. The average molecular weight is 281 g/mol. The molecule has 4 N–H and O–H groups in total. The van der Waals surface area contributed by atoms with Crippen LogP contribution in [0.5, 0.6) is 0 Å². The number of benzene rings is 1. The van der Waals surface area contributed by atoms with Crippen LogP contribution in [0.3, 0.4) is 0 Å². The van der Waals surface area contributed by atoms with E-state index in [0.717, 1.165) is 0 Å². The van der Waals surface area contributed by atoms with Gasteiger partial charge in [0.25, 0.3) is 11.8 Å². The predicted molar refractivity (Wildman–Crippen MR) is 74.5 cm³/mol. The molecule has 1 rings (SSSR count). The summed E-state index contributed by atoms with van der Waals surface area (Å²) in [5.41, 5.74) is 5.70. The van der Waals surface area contributed by atoms with Crippen molar-refractivity contribution in [3.8, 4) is 0 Å². The molecule has 102 valence electrons. The van der Waals surface area contributed by atoms with Gasteiger partial charge in [0.05, 0.1) is 0 Å². The molecule has 0 fully saturated rings. The topological polar surface area (TPSA) is 101 Å². The van der Waals surface area contributed by atoms with Gasteiger partial charge in [-0.3, -0.25) is 14.4 Å². The van der Waals surface area contributed by atoms with Crippen LogP contribution in [-0.2, 0) is 0 Å². The van der Waals surface area contributed by atoms with Gasteiger partial charge in [0, 0.05) is 36.0 Å². The molecule has 6 nitrogen and oxygen atoms in total. The lowest BCUT2D eigenvalue weighted by Gasteiger charge is -2.08. The summed E-state index contributed by atoms with van der Waals surface area (Å²) in [6.07, 6.45) is 0. The Morgan fingerprint density at radius 2 is 1.63 bits per heavy atom. The zero-order chi connectivity index (χ0) is 14.4. The number of amides is 3. The van der Waals surface area contributed by atoms with Gasteiger partial charge < -0.3 is 16.4 Å². The zero-order valence-corrected chi connectivity index (χ0v) is 11.3. The Morgan fingerprint density at radius 1 is 1.11 bits per heavy atom. The van der Waals surface area contributed by atoms with Crippen LogP contribution in [0.25, 0.3) is 0 Å². The Labute approximate surface area is 116 Å². The zero-order valence-electron chi connectivity index (χ0n) is 10.4. The minimum Gasteiger partial charge on any atom is -0.366 e. The molecule has 1 aromatic carbocycles. The second-order valence-corrected chi connectivity index (χ2v) is 4.17. The SMILES string of the molecule is CNC(=O)c1cc(C(N)=O)cc(C(=O)NCCS)c1.